The number of rotatable bonds is 5. The van der Waals surface area contributed by atoms with Gasteiger partial charge in [-0.05, 0) is 13.8 Å². The highest BCUT2D eigenvalue weighted by Crippen LogP contribution is 2.18. The molecule has 0 bridgehead atoms. The van der Waals surface area contributed by atoms with Crippen molar-refractivity contribution in [2.45, 2.75) is 26.4 Å². The van der Waals surface area contributed by atoms with Gasteiger partial charge in [-0.2, -0.15) is 5.10 Å². The molecule has 0 spiro atoms. The fourth-order valence-electron chi connectivity index (χ4n) is 1.86. The second kappa shape index (κ2) is 5.11. The van der Waals surface area contributed by atoms with Crippen molar-refractivity contribution >= 4 is 11.7 Å². The van der Waals surface area contributed by atoms with Crippen LogP contribution in [0.1, 0.15) is 36.1 Å². The average molecular weight is 279 g/mol. The highest BCUT2D eigenvalue weighted by Gasteiger charge is 2.25. The van der Waals surface area contributed by atoms with Gasteiger partial charge in [0.2, 0.25) is 5.69 Å². The minimum Gasteiger partial charge on any atom is -0.476 e. The molecule has 0 fully saturated rings. The van der Waals surface area contributed by atoms with E-state index in [2.05, 4.69) is 10.1 Å². The van der Waals surface area contributed by atoms with Crippen LogP contribution in [0.25, 0.3) is 0 Å². The lowest BCUT2D eigenvalue weighted by Crippen LogP contribution is -2.10. The fourth-order valence-corrected chi connectivity index (χ4v) is 1.86. The molecule has 0 amide bonds. The van der Waals surface area contributed by atoms with Crippen LogP contribution < -0.4 is 0 Å². The largest absolute Gasteiger partial charge is 0.476 e. The number of aromatic nitrogens is 4. The quantitative estimate of drug-likeness (QED) is 0.651. The number of imidazole rings is 1. The molecule has 0 aromatic carbocycles. The summed E-state index contributed by atoms with van der Waals surface area (Å²) in [6, 6.07) is 0.178. The van der Waals surface area contributed by atoms with Gasteiger partial charge in [0.15, 0.2) is 0 Å². The lowest BCUT2D eigenvalue weighted by Gasteiger charge is -2.11. The van der Waals surface area contributed by atoms with Gasteiger partial charge in [-0.3, -0.25) is 14.8 Å². The smallest absolute Gasteiger partial charge is 0.363 e. The molecule has 0 aliphatic heterocycles. The van der Waals surface area contributed by atoms with Crippen molar-refractivity contribution in [1.82, 2.24) is 19.3 Å². The highest BCUT2D eigenvalue weighted by molar-refractivity contribution is 5.89. The molecule has 20 heavy (non-hydrogen) atoms. The Balaban J connectivity index is 2.35. The number of carbonyl (C=O) groups is 1. The molecule has 0 atom stereocenters. The Hall–Kier alpha value is -2.71. The number of nitro groups is 1. The zero-order chi connectivity index (χ0) is 14.9. The second-order valence-electron chi connectivity index (χ2n) is 4.51. The van der Waals surface area contributed by atoms with Crippen molar-refractivity contribution in [3.8, 4) is 0 Å². The molecule has 2 heterocycles. The van der Waals surface area contributed by atoms with Crippen LogP contribution in [0, 0.1) is 10.1 Å². The molecule has 0 aliphatic rings. The van der Waals surface area contributed by atoms with Crippen molar-refractivity contribution in [2.24, 2.45) is 0 Å². The normalized spacial score (nSPS) is 10.9. The number of carboxylic acids is 1. The molecular weight excluding hydrogens is 266 g/mol. The zero-order valence-corrected chi connectivity index (χ0v) is 10.9. The van der Waals surface area contributed by atoms with E-state index in [1.165, 1.54) is 4.68 Å². The van der Waals surface area contributed by atoms with Crippen LogP contribution in [0.4, 0.5) is 5.69 Å². The molecule has 2 rings (SSSR count). The Kier molecular flexibility index (Phi) is 3.51. The first-order valence-corrected chi connectivity index (χ1v) is 5.86. The van der Waals surface area contributed by atoms with E-state index in [0.29, 0.717) is 0 Å². The van der Waals surface area contributed by atoms with E-state index >= 15 is 0 Å². The lowest BCUT2D eigenvalue weighted by molar-refractivity contribution is -0.385. The van der Waals surface area contributed by atoms with Crippen molar-refractivity contribution in [1.29, 1.82) is 0 Å². The topological polar surface area (TPSA) is 116 Å². The summed E-state index contributed by atoms with van der Waals surface area (Å²) in [7, 11) is 0. The Morgan fingerprint density at radius 2 is 2.25 bits per heavy atom. The van der Waals surface area contributed by atoms with E-state index in [1.54, 1.807) is 12.5 Å². The summed E-state index contributed by atoms with van der Waals surface area (Å²) in [6.45, 7) is 4.16. The first-order valence-electron chi connectivity index (χ1n) is 5.86. The zero-order valence-electron chi connectivity index (χ0n) is 10.9. The van der Waals surface area contributed by atoms with E-state index in [4.69, 9.17) is 5.11 Å². The van der Waals surface area contributed by atoms with Gasteiger partial charge >= 0.3 is 11.7 Å². The first kappa shape index (κ1) is 13.7. The van der Waals surface area contributed by atoms with Gasteiger partial charge in [0.25, 0.3) is 0 Å². The fraction of sp³-hybridized carbons (Fsp3) is 0.364. The van der Waals surface area contributed by atoms with Crippen LogP contribution in [-0.2, 0) is 6.54 Å². The van der Waals surface area contributed by atoms with E-state index in [9.17, 15) is 14.9 Å². The number of hydrogen-bond acceptors (Lipinski definition) is 5. The SMILES string of the molecule is CC(C)n1cncc1Cn1cc([N+](=O)[O-])c(C(=O)O)n1. The minimum absolute atomic E-state index is 0.178. The molecule has 2 aromatic heterocycles. The average Bonchev–Trinajstić information content (AvgIpc) is 2.95. The van der Waals surface area contributed by atoms with Gasteiger partial charge < -0.3 is 9.67 Å². The standard InChI is InChI=1S/C11H13N5O4/c1-7(2)15-6-12-3-8(15)4-14-5-9(16(19)20)10(13-14)11(17)18/h3,5-7H,4H2,1-2H3,(H,17,18). The van der Waals surface area contributed by atoms with Crippen molar-refractivity contribution in [3.05, 3.63) is 40.2 Å². The molecule has 0 saturated carbocycles. The van der Waals surface area contributed by atoms with Crippen LogP contribution in [0.15, 0.2) is 18.7 Å². The Morgan fingerprint density at radius 3 is 2.75 bits per heavy atom. The van der Waals surface area contributed by atoms with E-state index in [0.717, 1.165) is 11.9 Å². The molecular formula is C11H13N5O4. The van der Waals surface area contributed by atoms with Gasteiger partial charge in [-0.25, -0.2) is 9.78 Å². The lowest BCUT2D eigenvalue weighted by atomic mass is 10.3. The minimum atomic E-state index is -1.42. The molecule has 9 heteroatoms. The molecule has 0 saturated heterocycles. The van der Waals surface area contributed by atoms with Crippen LogP contribution in [0.2, 0.25) is 0 Å². The predicted octanol–water partition coefficient (Wildman–Crippen LogP) is 1.32. The van der Waals surface area contributed by atoms with Gasteiger partial charge in [0.1, 0.15) is 6.20 Å². The summed E-state index contributed by atoms with van der Waals surface area (Å²) in [5.41, 5.74) is -0.298. The van der Waals surface area contributed by atoms with Crippen molar-refractivity contribution < 1.29 is 14.8 Å². The maximum atomic E-state index is 10.9. The third-order valence-corrected chi connectivity index (χ3v) is 2.77. The molecule has 9 nitrogen and oxygen atoms in total. The number of nitrogens with zero attached hydrogens (tertiary/aromatic N) is 5. The predicted molar refractivity (Wildman–Crippen MR) is 67.6 cm³/mol. The van der Waals surface area contributed by atoms with Crippen LogP contribution in [0.3, 0.4) is 0 Å². The Labute approximate surface area is 113 Å². The highest BCUT2D eigenvalue weighted by atomic mass is 16.6. The van der Waals surface area contributed by atoms with E-state index in [1.807, 2.05) is 18.4 Å². The summed E-state index contributed by atoms with van der Waals surface area (Å²) in [6.07, 6.45) is 4.38. The monoisotopic (exact) mass is 279 g/mol. The molecule has 0 radical (unpaired) electrons. The summed E-state index contributed by atoms with van der Waals surface area (Å²) in [4.78, 5) is 25.0. The van der Waals surface area contributed by atoms with Crippen molar-refractivity contribution in [3.63, 3.8) is 0 Å². The van der Waals surface area contributed by atoms with E-state index in [-0.39, 0.29) is 12.6 Å². The van der Waals surface area contributed by atoms with Gasteiger partial charge in [-0.15, -0.1) is 0 Å². The summed E-state index contributed by atoms with van der Waals surface area (Å²) >= 11 is 0. The number of carboxylic acid groups (broad SMARTS) is 1. The second-order valence-corrected chi connectivity index (χ2v) is 4.51. The van der Waals surface area contributed by atoms with Crippen LogP contribution in [0.5, 0.6) is 0 Å². The Morgan fingerprint density at radius 1 is 1.55 bits per heavy atom. The Bertz CT molecular complexity index is 626. The molecule has 1 N–H and O–H groups in total. The molecule has 0 unspecified atom stereocenters. The molecule has 0 aliphatic carbocycles. The maximum absolute atomic E-state index is 10.9. The third kappa shape index (κ3) is 2.51. The van der Waals surface area contributed by atoms with Gasteiger partial charge in [0.05, 0.1) is 29.7 Å². The summed E-state index contributed by atoms with van der Waals surface area (Å²) in [5.74, 6) is -1.42. The number of aromatic carboxylic acids is 1. The maximum Gasteiger partial charge on any atom is 0.363 e. The van der Waals surface area contributed by atoms with Gasteiger partial charge in [0, 0.05) is 6.04 Å². The van der Waals surface area contributed by atoms with Crippen LogP contribution >= 0.6 is 0 Å². The molecule has 106 valence electrons. The summed E-state index contributed by atoms with van der Waals surface area (Å²) in [5, 5.41) is 23.4. The van der Waals surface area contributed by atoms with E-state index < -0.39 is 22.3 Å². The summed E-state index contributed by atoms with van der Waals surface area (Å²) < 4.78 is 3.12. The van der Waals surface area contributed by atoms with Gasteiger partial charge in [-0.1, -0.05) is 0 Å². The first-order chi connectivity index (χ1) is 9.40. The number of hydrogen-bond donors (Lipinski definition) is 1. The third-order valence-electron chi connectivity index (χ3n) is 2.77. The van der Waals surface area contributed by atoms with Crippen molar-refractivity contribution in [2.75, 3.05) is 0 Å². The molecule has 2 aromatic rings. The van der Waals surface area contributed by atoms with Crippen LogP contribution in [-0.4, -0.2) is 35.3 Å².